The van der Waals surface area contributed by atoms with Crippen LogP contribution in [0.1, 0.15) is 33.6 Å². The summed E-state index contributed by atoms with van der Waals surface area (Å²) < 4.78 is 0. The van der Waals surface area contributed by atoms with E-state index in [2.05, 4.69) is 18.8 Å². The van der Waals surface area contributed by atoms with E-state index in [1.807, 2.05) is 6.92 Å². The molecule has 0 aromatic heterocycles. The monoisotopic (exact) mass is 234 g/mol. The van der Waals surface area contributed by atoms with Crippen LogP contribution in [-0.2, 0) is 4.79 Å². The van der Waals surface area contributed by atoms with Gasteiger partial charge in [-0.3, -0.25) is 0 Å². The Kier molecular flexibility index (Phi) is 4.53. The summed E-state index contributed by atoms with van der Waals surface area (Å²) in [6.07, 6.45) is 2.39. The predicted molar refractivity (Wildman–Crippen MR) is 66.3 cm³/mol. The number of carbonyl (C=O) groups is 1. The Balaban J connectivity index is 2.97. The largest absolute Gasteiger partial charge is 0.478 e. The number of rotatable bonds is 1. The molecule has 0 saturated heterocycles. The minimum Gasteiger partial charge on any atom is -0.478 e. The molecule has 92 valence electrons. The first-order valence-corrected chi connectivity index (χ1v) is 5.73. The number of hydrogen-bond acceptors (Lipinski definition) is 2. The fraction of sp³-hybridized carbons (Fsp3) is 0.500. The Morgan fingerprint density at radius 3 is 2.71 bits per heavy atom. The average Bonchev–Trinajstić information content (AvgIpc) is 2.23. The minimum absolute atomic E-state index is 0.337. The third kappa shape index (κ3) is 3.76. The van der Waals surface area contributed by atoms with Gasteiger partial charge < -0.3 is 10.2 Å². The van der Waals surface area contributed by atoms with Gasteiger partial charge >= 0.3 is 5.97 Å². The van der Waals surface area contributed by atoms with Crippen LogP contribution in [0.2, 0.25) is 0 Å². The van der Waals surface area contributed by atoms with Crippen LogP contribution < -0.4 is 0 Å². The number of aliphatic carboxylic acids is 1. The molecule has 0 fully saturated rings. The van der Waals surface area contributed by atoms with E-state index < -0.39 is 12.1 Å². The second-order valence-corrected chi connectivity index (χ2v) is 4.51. The Hall–Kier alpha value is -1.53. The highest BCUT2D eigenvalue weighted by molar-refractivity contribution is 5.81. The zero-order chi connectivity index (χ0) is 13.0. The zero-order valence-electron chi connectivity index (χ0n) is 10.4. The van der Waals surface area contributed by atoms with E-state index in [0.29, 0.717) is 11.5 Å². The van der Waals surface area contributed by atoms with Crippen LogP contribution >= 0.6 is 0 Å². The molecular weight excluding hydrogens is 216 g/mol. The first-order valence-electron chi connectivity index (χ1n) is 5.73. The molecular formula is C14H18O3. The van der Waals surface area contributed by atoms with Gasteiger partial charge in [-0.15, -0.1) is 0 Å². The topological polar surface area (TPSA) is 57.5 Å². The van der Waals surface area contributed by atoms with Gasteiger partial charge in [0, 0.05) is 17.2 Å². The van der Waals surface area contributed by atoms with E-state index in [1.54, 1.807) is 6.92 Å². The van der Waals surface area contributed by atoms with Gasteiger partial charge in [-0.05, 0) is 38.2 Å². The molecule has 1 aliphatic rings. The van der Waals surface area contributed by atoms with Gasteiger partial charge in [-0.1, -0.05) is 18.8 Å². The highest BCUT2D eigenvalue weighted by Gasteiger charge is 2.21. The molecule has 0 heterocycles. The molecule has 0 saturated carbocycles. The lowest BCUT2D eigenvalue weighted by atomic mass is 9.83. The molecule has 0 bridgehead atoms. The third-order valence-corrected chi connectivity index (χ3v) is 3.02. The molecule has 1 rings (SSSR count). The lowest BCUT2D eigenvalue weighted by molar-refractivity contribution is -0.131. The SMILES string of the molecule is CC(C#CC1=C(C)C(O)CCC1C)=CC(=O)O. The average molecular weight is 234 g/mol. The molecule has 3 heteroatoms. The summed E-state index contributed by atoms with van der Waals surface area (Å²) in [5, 5.41) is 18.3. The highest BCUT2D eigenvalue weighted by atomic mass is 16.4. The fourth-order valence-corrected chi connectivity index (χ4v) is 1.95. The van der Waals surface area contributed by atoms with Crippen LogP contribution in [0.5, 0.6) is 0 Å². The second kappa shape index (κ2) is 5.70. The molecule has 0 spiro atoms. The van der Waals surface area contributed by atoms with E-state index in [-0.39, 0.29) is 0 Å². The number of hydrogen-bond donors (Lipinski definition) is 2. The van der Waals surface area contributed by atoms with Crippen molar-refractivity contribution in [1.29, 1.82) is 0 Å². The number of carboxylic acids is 1. The molecule has 0 amide bonds. The molecule has 0 radical (unpaired) electrons. The summed E-state index contributed by atoms with van der Waals surface area (Å²) in [6, 6.07) is 0. The van der Waals surface area contributed by atoms with Gasteiger partial charge in [-0.25, -0.2) is 4.79 Å². The molecule has 2 N–H and O–H groups in total. The first kappa shape index (κ1) is 13.5. The molecule has 2 atom stereocenters. The maximum atomic E-state index is 10.4. The summed E-state index contributed by atoms with van der Waals surface area (Å²) in [5.41, 5.74) is 2.38. The van der Waals surface area contributed by atoms with Crippen LogP contribution in [-0.4, -0.2) is 22.3 Å². The third-order valence-electron chi connectivity index (χ3n) is 3.02. The molecule has 1 aliphatic carbocycles. The Morgan fingerprint density at radius 1 is 1.47 bits per heavy atom. The van der Waals surface area contributed by atoms with Crippen molar-refractivity contribution >= 4 is 5.97 Å². The lowest BCUT2D eigenvalue weighted by Crippen LogP contribution is -2.19. The first-order chi connectivity index (χ1) is 7.91. The molecule has 0 aliphatic heterocycles. The Morgan fingerprint density at radius 2 is 2.12 bits per heavy atom. The molecule has 0 aromatic carbocycles. The lowest BCUT2D eigenvalue weighted by Gasteiger charge is -2.25. The van der Waals surface area contributed by atoms with Gasteiger partial charge in [0.05, 0.1) is 6.10 Å². The number of allylic oxidation sites excluding steroid dienone is 2. The van der Waals surface area contributed by atoms with Crippen LogP contribution in [0.25, 0.3) is 0 Å². The van der Waals surface area contributed by atoms with E-state index in [9.17, 15) is 9.90 Å². The van der Waals surface area contributed by atoms with Crippen molar-refractivity contribution < 1.29 is 15.0 Å². The van der Waals surface area contributed by atoms with E-state index in [1.165, 1.54) is 0 Å². The van der Waals surface area contributed by atoms with Gasteiger partial charge in [0.15, 0.2) is 0 Å². The fourth-order valence-electron chi connectivity index (χ4n) is 1.95. The van der Waals surface area contributed by atoms with Gasteiger partial charge in [0.25, 0.3) is 0 Å². The van der Waals surface area contributed by atoms with Crippen LogP contribution in [0.4, 0.5) is 0 Å². The van der Waals surface area contributed by atoms with Crippen molar-refractivity contribution in [3.8, 4) is 11.8 Å². The van der Waals surface area contributed by atoms with E-state index in [4.69, 9.17) is 5.11 Å². The maximum Gasteiger partial charge on any atom is 0.329 e. The normalized spacial score (nSPS) is 25.3. The standard InChI is InChI=1S/C14H18O3/c1-9(8-14(16)17)4-6-12-10(2)5-7-13(15)11(12)3/h8,10,13,15H,5,7H2,1-3H3,(H,16,17). The summed E-state index contributed by atoms with van der Waals surface area (Å²) in [7, 11) is 0. The van der Waals surface area contributed by atoms with Crippen LogP contribution in [0, 0.1) is 17.8 Å². The predicted octanol–water partition coefficient (Wildman–Crippen LogP) is 2.13. The van der Waals surface area contributed by atoms with E-state index >= 15 is 0 Å². The molecule has 3 nitrogen and oxygen atoms in total. The molecule has 17 heavy (non-hydrogen) atoms. The second-order valence-electron chi connectivity index (χ2n) is 4.51. The summed E-state index contributed by atoms with van der Waals surface area (Å²) >= 11 is 0. The van der Waals surface area contributed by atoms with Crippen molar-refractivity contribution in [3.63, 3.8) is 0 Å². The summed E-state index contributed by atoms with van der Waals surface area (Å²) in [4.78, 5) is 10.4. The number of carboxylic acid groups (broad SMARTS) is 1. The zero-order valence-corrected chi connectivity index (χ0v) is 10.4. The highest BCUT2D eigenvalue weighted by Crippen LogP contribution is 2.29. The minimum atomic E-state index is -0.987. The van der Waals surface area contributed by atoms with Crippen molar-refractivity contribution in [2.24, 2.45) is 5.92 Å². The van der Waals surface area contributed by atoms with Gasteiger partial charge in [-0.2, -0.15) is 0 Å². The van der Waals surface area contributed by atoms with Gasteiger partial charge in [0.2, 0.25) is 0 Å². The van der Waals surface area contributed by atoms with Crippen LogP contribution in [0.15, 0.2) is 22.8 Å². The number of aliphatic hydroxyl groups excluding tert-OH is 1. The maximum absolute atomic E-state index is 10.4. The smallest absolute Gasteiger partial charge is 0.329 e. The van der Waals surface area contributed by atoms with Gasteiger partial charge in [0.1, 0.15) is 0 Å². The molecule has 2 unspecified atom stereocenters. The Bertz CT molecular complexity index is 432. The summed E-state index contributed by atoms with van der Waals surface area (Å²) in [5.74, 6) is 5.17. The van der Waals surface area contributed by atoms with Crippen molar-refractivity contribution in [1.82, 2.24) is 0 Å². The van der Waals surface area contributed by atoms with Crippen molar-refractivity contribution in [2.45, 2.75) is 39.7 Å². The number of aliphatic hydroxyl groups is 1. The van der Waals surface area contributed by atoms with Crippen LogP contribution in [0.3, 0.4) is 0 Å². The Labute approximate surface area is 102 Å². The van der Waals surface area contributed by atoms with Crippen molar-refractivity contribution in [2.75, 3.05) is 0 Å². The summed E-state index contributed by atoms with van der Waals surface area (Å²) in [6.45, 7) is 5.64. The molecule has 0 aromatic rings. The quantitative estimate of drug-likeness (QED) is 0.540. The van der Waals surface area contributed by atoms with Crippen molar-refractivity contribution in [3.05, 3.63) is 22.8 Å². The van der Waals surface area contributed by atoms with E-state index in [0.717, 1.165) is 30.1 Å².